The van der Waals surface area contributed by atoms with E-state index >= 15 is 0 Å². The number of hydrogen-bond donors (Lipinski definition) is 0. The molecule has 0 bridgehead atoms. The number of aromatic nitrogens is 1. The molecule has 0 saturated carbocycles. The first-order valence-electron chi connectivity index (χ1n) is 11.0. The number of hydrogen-bond acceptors (Lipinski definition) is 7. The van der Waals surface area contributed by atoms with Gasteiger partial charge in [-0.25, -0.2) is 13.2 Å². The predicted molar refractivity (Wildman–Crippen MR) is 132 cm³/mol. The highest BCUT2D eigenvalue weighted by Gasteiger charge is 2.32. The highest BCUT2D eigenvalue weighted by atomic mass is 35.5. The summed E-state index contributed by atoms with van der Waals surface area (Å²) in [6.45, 7) is 8.89. The molecule has 0 amide bonds. The number of halogens is 1. The highest BCUT2D eigenvalue weighted by molar-refractivity contribution is 7.89. The number of rotatable bonds is 11. The second kappa shape index (κ2) is 11.3. The molecule has 1 aromatic heterocycles. The van der Waals surface area contributed by atoms with Crippen molar-refractivity contribution in [2.45, 2.75) is 52.5 Å². The minimum atomic E-state index is -4.28. The lowest BCUT2D eigenvalue weighted by molar-refractivity contribution is -0.384. The molecule has 2 aromatic rings. The smallest absolute Gasteiger partial charge is 0.354 e. The summed E-state index contributed by atoms with van der Waals surface area (Å²) >= 11 is 5.85. The van der Waals surface area contributed by atoms with E-state index in [-0.39, 0.29) is 33.6 Å². The normalized spacial score (nSPS) is 11.8. The number of nitrogens with zero attached hydrogens (tertiary/aromatic N) is 3. The van der Waals surface area contributed by atoms with Gasteiger partial charge in [-0.2, -0.15) is 4.31 Å². The van der Waals surface area contributed by atoms with Gasteiger partial charge in [0.1, 0.15) is 10.7 Å². The van der Waals surface area contributed by atoms with E-state index in [0.29, 0.717) is 24.2 Å². The van der Waals surface area contributed by atoms with E-state index < -0.39 is 38.9 Å². The topological polar surface area (TPSA) is 129 Å². The minimum Gasteiger partial charge on any atom is -0.464 e. The van der Waals surface area contributed by atoms with Gasteiger partial charge in [-0.05, 0) is 50.8 Å². The summed E-state index contributed by atoms with van der Waals surface area (Å²) in [7, 11) is -3.03. The van der Waals surface area contributed by atoms with Crippen LogP contribution >= 0.6 is 11.6 Å². The zero-order valence-corrected chi connectivity index (χ0v) is 22.2. The third kappa shape index (κ3) is 5.91. The molecule has 2 rings (SSSR count). The Hall–Kier alpha value is -2.76. The van der Waals surface area contributed by atoms with E-state index in [9.17, 15) is 28.1 Å². The average molecular weight is 528 g/mol. The molecule has 0 radical (unpaired) electrons. The Balaban J connectivity index is 2.56. The Morgan fingerprint density at radius 3 is 2.40 bits per heavy atom. The fourth-order valence-electron chi connectivity index (χ4n) is 3.93. The maximum atomic E-state index is 13.5. The zero-order chi connectivity index (χ0) is 26.7. The summed E-state index contributed by atoms with van der Waals surface area (Å²) in [5, 5.41) is 11.1. The van der Waals surface area contributed by atoms with Gasteiger partial charge in [0.05, 0.1) is 23.5 Å². The number of benzene rings is 1. The van der Waals surface area contributed by atoms with Gasteiger partial charge in [-0.15, -0.1) is 0 Å². The third-order valence-corrected chi connectivity index (χ3v) is 7.93. The molecule has 0 saturated heterocycles. The second-order valence-corrected chi connectivity index (χ2v) is 10.8. The van der Waals surface area contributed by atoms with Crippen LogP contribution in [-0.4, -0.2) is 54.2 Å². The van der Waals surface area contributed by atoms with E-state index in [2.05, 4.69) is 0 Å². The number of carbonyl (C=O) groups excluding carboxylic acids is 2. The van der Waals surface area contributed by atoms with Crippen LogP contribution in [0.25, 0.3) is 0 Å². The zero-order valence-electron chi connectivity index (χ0n) is 20.6. The van der Waals surface area contributed by atoms with Crippen molar-refractivity contribution >= 4 is 39.1 Å². The number of nitro benzene ring substituents is 1. The summed E-state index contributed by atoms with van der Waals surface area (Å²) in [4.78, 5) is 36.0. The van der Waals surface area contributed by atoms with E-state index in [1.807, 2.05) is 20.8 Å². The van der Waals surface area contributed by atoms with Gasteiger partial charge in [0.15, 0.2) is 5.78 Å². The molecule has 0 aliphatic carbocycles. The van der Waals surface area contributed by atoms with Crippen LogP contribution in [0.1, 0.15) is 59.3 Å². The number of sulfonamides is 1. The van der Waals surface area contributed by atoms with E-state index in [4.69, 9.17) is 16.3 Å². The molecule has 12 heteroatoms. The Bertz CT molecular complexity index is 1250. The molecule has 0 aliphatic rings. The van der Waals surface area contributed by atoms with Crippen molar-refractivity contribution < 1.29 is 27.7 Å². The number of carbonyl (C=O) groups is 2. The van der Waals surface area contributed by atoms with Crippen LogP contribution in [0.3, 0.4) is 0 Å². The van der Waals surface area contributed by atoms with Crippen LogP contribution in [-0.2, 0) is 21.3 Å². The van der Waals surface area contributed by atoms with Gasteiger partial charge < -0.3 is 9.30 Å². The Labute approximate surface area is 210 Å². The number of methoxy groups -OCH3 is 1. The summed E-state index contributed by atoms with van der Waals surface area (Å²) in [5.74, 6) is -0.949. The van der Waals surface area contributed by atoms with E-state index in [1.165, 1.54) is 13.2 Å². The van der Waals surface area contributed by atoms with Gasteiger partial charge in [0.25, 0.3) is 5.69 Å². The predicted octanol–water partition coefficient (Wildman–Crippen LogP) is 4.39. The van der Waals surface area contributed by atoms with Crippen molar-refractivity contribution in [3.63, 3.8) is 0 Å². The summed E-state index contributed by atoms with van der Waals surface area (Å²) in [5.41, 5.74) is 0.875. The lowest BCUT2D eigenvalue weighted by atomic mass is 10.1. The number of ketones is 1. The molecule has 1 aromatic carbocycles. The number of Topliss-reactive ketones (excluding diaryl/α,β-unsaturated/α-hetero) is 1. The van der Waals surface area contributed by atoms with Gasteiger partial charge in [0, 0.05) is 30.4 Å². The maximum absolute atomic E-state index is 13.5. The monoisotopic (exact) mass is 527 g/mol. The van der Waals surface area contributed by atoms with Crippen LogP contribution < -0.4 is 0 Å². The average Bonchev–Trinajstić information content (AvgIpc) is 3.04. The maximum Gasteiger partial charge on any atom is 0.354 e. The van der Waals surface area contributed by atoms with Gasteiger partial charge >= 0.3 is 5.97 Å². The fourth-order valence-corrected chi connectivity index (χ4v) is 5.55. The molecule has 0 N–H and O–H groups in total. The van der Waals surface area contributed by atoms with Crippen LogP contribution in [0.5, 0.6) is 0 Å². The molecular formula is C23H30ClN3O7S. The Morgan fingerprint density at radius 1 is 1.26 bits per heavy atom. The first-order chi connectivity index (χ1) is 16.3. The lowest BCUT2D eigenvalue weighted by Gasteiger charge is -2.23. The van der Waals surface area contributed by atoms with Gasteiger partial charge in [-0.1, -0.05) is 25.4 Å². The second-order valence-electron chi connectivity index (χ2n) is 8.48. The minimum absolute atomic E-state index is 0.0264. The molecule has 10 nitrogen and oxygen atoms in total. The quantitative estimate of drug-likeness (QED) is 0.183. The number of ether oxygens (including phenoxy) is 1. The summed E-state index contributed by atoms with van der Waals surface area (Å²) < 4.78 is 34.5. The van der Waals surface area contributed by atoms with Crippen molar-refractivity contribution in [3.8, 4) is 0 Å². The first-order valence-corrected chi connectivity index (χ1v) is 12.8. The van der Waals surface area contributed by atoms with Crippen molar-refractivity contribution in [2.75, 3.05) is 20.2 Å². The number of nitro groups is 1. The molecule has 0 spiro atoms. The van der Waals surface area contributed by atoms with Crippen LogP contribution in [0, 0.1) is 29.9 Å². The van der Waals surface area contributed by atoms with Crippen LogP contribution in [0.2, 0.25) is 5.02 Å². The molecule has 0 atom stereocenters. The number of esters is 1. The van der Waals surface area contributed by atoms with Crippen molar-refractivity contribution in [2.24, 2.45) is 5.92 Å². The molecule has 0 fully saturated rings. The summed E-state index contributed by atoms with van der Waals surface area (Å²) in [6.07, 6.45) is 0.462. The van der Waals surface area contributed by atoms with E-state index in [0.717, 1.165) is 16.4 Å². The van der Waals surface area contributed by atoms with Gasteiger partial charge in [-0.3, -0.25) is 14.9 Å². The van der Waals surface area contributed by atoms with Crippen LogP contribution in [0.4, 0.5) is 5.69 Å². The summed E-state index contributed by atoms with van der Waals surface area (Å²) in [6, 6.07) is 3.22. The molecule has 0 unspecified atom stereocenters. The Morgan fingerprint density at radius 2 is 1.89 bits per heavy atom. The fraction of sp³-hybridized carbons (Fsp3) is 0.478. The third-order valence-electron chi connectivity index (χ3n) is 5.77. The first kappa shape index (κ1) is 28.5. The molecule has 35 heavy (non-hydrogen) atoms. The Kier molecular flexibility index (Phi) is 9.21. The SMILES string of the molecule is CCn1c(C)c(C(=O)CN(CCC(C)C)S(=O)(=O)c2ccc(Cl)c([N+](=O)[O-])c2)c(C)c1C(=O)OC. The molecule has 192 valence electrons. The van der Waals surface area contributed by atoms with Gasteiger partial charge in [0.2, 0.25) is 10.0 Å². The largest absolute Gasteiger partial charge is 0.464 e. The molecule has 0 aliphatic heterocycles. The van der Waals surface area contributed by atoms with Crippen molar-refractivity contribution in [1.82, 2.24) is 8.87 Å². The van der Waals surface area contributed by atoms with E-state index in [1.54, 1.807) is 18.4 Å². The highest BCUT2D eigenvalue weighted by Crippen LogP contribution is 2.30. The van der Waals surface area contributed by atoms with Crippen LogP contribution in [0.15, 0.2) is 23.1 Å². The molecular weight excluding hydrogens is 498 g/mol. The lowest BCUT2D eigenvalue weighted by Crippen LogP contribution is -2.37. The van der Waals surface area contributed by atoms with Crippen molar-refractivity contribution in [3.05, 3.63) is 55.9 Å². The standard InChI is InChI=1S/C23H30ClN3O7S/c1-7-26-16(5)21(15(4)22(26)23(29)34-6)20(28)13-25(11-10-14(2)3)35(32,33)17-8-9-18(24)19(12-17)27(30)31/h8-9,12,14H,7,10-11,13H2,1-6H3. The van der Waals surface area contributed by atoms with Crippen molar-refractivity contribution in [1.29, 1.82) is 0 Å². The molecule has 1 heterocycles.